The smallest absolute Gasteiger partial charge is 0.129 e. The number of benzene rings is 2. The highest BCUT2D eigenvalue weighted by molar-refractivity contribution is 5.76. The fourth-order valence-electron chi connectivity index (χ4n) is 3.95. The summed E-state index contributed by atoms with van der Waals surface area (Å²) in [6.45, 7) is 8.19. The molecular weight excluding hydrogens is 374 g/mol. The van der Waals surface area contributed by atoms with E-state index >= 15 is 0 Å². The monoisotopic (exact) mass is 407 g/mol. The Morgan fingerprint density at radius 1 is 1.00 bits per heavy atom. The molecule has 4 rings (SSSR count). The molecule has 1 fully saturated rings. The molecule has 0 radical (unpaired) electrons. The molecule has 0 saturated heterocycles. The van der Waals surface area contributed by atoms with Crippen molar-refractivity contribution in [2.24, 2.45) is 5.92 Å². The Morgan fingerprint density at radius 2 is 1.73 bits per heavy atom. The van der Waals surface area contributed by atoms with E-state index in [1.165, 1.54) is 31.2 Å². The fourth-order valence-corrected chi connectivity index (χ4v) is 3.95. The number of rotatable bonds is 7. The van der Waals surface area contributed by atoms with E-state index in [0.717, 1.165) is 35.7 Å². The van der Waals surface area contributed by atoms with Gasteiger partial charge in [0.25, 0.3) is 0 Å². The van der Waals surface area contributed by atoms with Crippen LogP contribution in [-0.2, 0) is 11.3 Å². The van der Waals surface area contributed by atoms with Crippen molar-refractivity contribution >= 4 is 11.0 Å². The summed E-state index contributed by atoms with van der Waals surface area (Å²) < 4.78 is 12.0. The third-order valence-electron chi connectivity index (χ3n) is 5.74. The van der Waals surface area contributed by atoms with E-state index in [-0.39, 0.29) is 5.60 Å². The molecule has 5 nitrogen and oxygen atoms in total. The molecule has 0 unspecified atom stereocenters. The van der Waals surface area contributed by atoms with Crippen molar-refractivity contribution in [2.45, 2.75) is 64.6 Å². The van der Waals surface area contributed by atoms with E-state index in [2.05, 4.69) is 48.2 Å². The van der Waals surface area contributed by atoms with Gasteiger partial charge in [-0.2, -0.15) is 0 Å². The molecule has 160 valence electrons. The average Bonchev–Trinajstić information content (AvgIpc) is 3.20. The van der Waals surface area contributed by atoms with E-state index in [0.29, 0.717) is 12.0 Å². The van der Waals surface area contributed by atoms with Gasteiger partial charge in [-0.3, -0.25) is 0 Å². The van der Waals surface area contributed by atoms with Crippen LogP contribution in [-0.4, -0.2) is 28.2 Å². The van der Waals surface area contributed by atoms with Gasteiger partial charge in [0, 0.05) is 18.7 Å². The summed E-state index contributed by atoms with van der Waals surface area (Å²) >= 11 is 0. The van der Waals surface area contributed by atoms with Crippen molar-refractivity contribution in [3.63, 3.8) is 0 Å². The molecule has 5 heteroatoms. The summed E-state index contributed by atoms with van der Waals surface area (Å²) in [5.41, 5.74) is 3.17. The van der Waals surface area contributed by atoms with E-state index in [1.807, 2.05) is 30.3 Å². The van der Waals surface area contributed by atoms with Gasteiger partial charge in [0.1, 0.15) is 11.5 Å². The van der Waals surface area contributed by atoms with E-state index in [9.17, 15) is 0 Å². The van der Waals surface area contributed by atoms with Crippen LogP contribution in [0.25, 0.3) is 11.0 Å². The quantitative estimate of drug-likeness (QED) is 0.518. The second-order valence-corrected chi connectivity index (χ2v) is 9.35. The highest BCUT2D eigenvalue weighted by Gasteiger charge is 2.22. The Hall–Kier alpha value is -2.37. The molecule has 1 aromatic heterocycles. The van der Waals surface area contributed by atoms with Gasteiger partial charge in [-0.1, -0.05) is 12.1 Å². The summed E-state index contributed by atoms with van der Waals surface area (Å²) in [6, 6.07) is 14.8. The molecule has 1 heterocycles. The van der Waals surface area contributed by atoms with Crippen molar-refractivity contribution in [1.29, 1.82) is 0 Å². The minimum absolute atomic E-state index is 0.0309. The van der Waals surface area contributed by atoms with Crippen molar-refractivity contribution in [1.82, 2.24) is 15.3 Å². The number of aromatic nitrogens is 2. The van der Waals surface area contributed by atoms with Gasteiger partial charge in [0.15, 0.2) is 0 Å². The molecule has 1 aliphatic carbocycles. The second kappa shape index (κ2) is 9.19. The molecule has 0 amide bonds. The maximum atomic E-state index is 5.98. The molecular formula is C25H33N3O2. The standard InChI is InChI=1S/C25H33N3O2/c1-25(2,3)29-16-19-4-8-20(9-5-19)26-15-18-6-10-21(11-7-18)30-22-12-13-23-24(14-22)28-17-27-23/h6-7,10-14,17,19-20,26H,4-5,8-9,15-16H2,1-3H3,(H,27,28). The van der Waals surface area contributed by atoms with E-state index < -0.39 is 0 Å². The minimum atomic E-state index is -0.0309. The molecule has 2 N–H and O–H groups in total. The lowest BCUT2D eigenvalue weighted by molar-refractivity contribution is -0.0290. The molecule has 30 heavy (non-hydrogen) atoms. The number of H-pyrrole nitrogens is 1. The summed E-state index contributed by atoms with van der Waals surface area (Å²) in [5.74, 6) is 2.36. The lowest BCUT2D eigenvalue weighted by Crippen LogP contribution is -2.34. The lowest BCUT2D eigenvalue weighted by atomic mass is 9.86. The Labute approximate surface area is 179 Å². The fraction of sp³-hybridized carbons (Fsp3) is 0.480. The minimum Gasteiger partial charge on any atom is -0.457 e. The highest BCUT2D eigenvalue weighted by Crippen LogP contribution is 2.27. The number of aromatic amines is 1. The van der Waals surface area contributed by atoms with Gasteiger partial charge in [-0.25, -0.2) is 4.98 Å². The van der Waals surface area contributed by atoms with Gasteiger partial charge >= 0.3 is 0 Å². The topological polar surface area (TPSA) is 59.2 Å². The average molecular weight is 408 g/mol. The van der Waals surface area contributed by atoms with Gasteiger partial charge in [0.05, 0.1) is 29.6 Å². The first kappa shape index (κ1) is 20.9. The third kappa shape index (κ3) is 5.83. The van der Waals surface area contributed by atoms with Crippen molar-refractivity contribution in [3.05, 3.63) is 54.4 Å². The summed E-state index contributed by atoms with van der Waals surface area (Å²) in [4.78, 5) is 7.35. The number of ether oxygens (including phenoxy) is 2. The van der Waals surface area contributed by atoms with Crippen LogP contribution in [0.2, 0.25) is 0 Å². The number of imidazole rings is 1. The largest absolute Gasteiger partial charge is 0.457 e. The van der Waals surface area contributed by atoms with Gasteiger partial charge < -0.3 is 19.8 Å². The number of nitrogens with zero attached hydrogens (tertiary/aromatic N) is 1. The van der Waals surface area contributed by atoms with Crippen molar-refractivity contribution in [3.8, 4) is 11.5 Å². The molecule has 0 aliphatic heterocycles. The molecule has 0 atom stereocenters. The maximum Gasteiger partial charge on any atom is 0.129 e. The highest BCUT2D eigenvalue weighted by atomic mass is 16.5. The normalized spacial score (nSPS) is 19.8. The van der Waals surface area contributed by atoms with Crippen LogP contribution in [0.15, 0.2) is 48.8 Å². The van der Waals surface area contributed by atoms with Gasteiger partial charge in [-0.05, 0) is 82.2 Å². The van der Waals surface area contributed by atoms with Crippen LogP contribution in [0.1, 0.15) is 52.0 Å². The van der Waals surface area contributed by atoms with Crippen molar-refractivity contribution in [2.75, 3.05) is 6.61 Å². The predicted molar refractivity (Wildman–Crippen MR) is 121 cm³/mol. The molecule has 0 bridgehead atoms. The molecule has 1 aliphatic rings. The summed E-state index contributed by atoms with van der Waals surface area (Å²) in [7, 11) is 0. The van der Waals surface area contributed by atoms with Crippen LogP contribution in [0.3, 0.4) is 0 Å². The first-order chi connectivity index (χ1) is 14.4. The first-order valence-electron chi connectivity index (χ1n) is 11.0. The van der Waals surface area contributed by atoms with Crippen molar-refractivity contribution < 1.29 is 9.47 Å². The van der Waals surface area contributed by atoms with Crippen LogP contribution in [0.4, 0.5) is 0 Å². The SMILES string of the molecule is CC(C)(C)OCC1CCC(NCc2ccc(Oc3ccc4nc[nH]c4c3)cc2)CC1. The maximum absolute atomic E-state index is 5.98. The summed E-state index contributed by atoms with van der Waals surface area (Å²) in [5, 5.41) is 3.72. The number of hydrogen-bond donors (Lipinski definition) is 2. The molecule has 2 aromatic carbocycles. The number of fused-ring (bicyclic) bond motifs is 1. The Bertz CT molecular complexity index is 935. The van der Waals surface area contributed by atoms with E-state index in [4.69, 9.17) is 9.47 Å². The van der Waals surface area contributed by atoms with E-state index in [1.54, 1.807) is 6.33 Å². The Morgan fingerprint density at radius 3 is 2.47 bits per heavy atom. The summed E-state index contributed by atoms with van der Waals surface area (Å²) in [6.07, 6.45) is 6.66. The second-order valence-electron chi connectivity index (χ2n) is 9.35. The van der Waals surface area contributed by atoms with Crippen LogP contribution < -0.4 is 10.1 Å². The van der Waals surface area contributed by atoms with Gasteiger partial charge in [-0.15, -0.1) is 0 Å². The Balaban J connectivity index is 1.21. The van der Waals surface area contributed by atoms with Crippen LogP contribution >= 0.6 is 0 Å². The molecule has 0 spiro atoms. The third-order valence-corrected chi connectivity index (χ3v) is 5.74. The van der Waals surface area contributed by atoms with Crippen LogP contribution in [0, 0.1) is 5.92 Å². The first-order valence-corrected chi connectivity index (χ1v) is 11.0. The Kier molecular flexibility index (Phi) is 6.40. The lowest BCUT2D eigenvalue weighted by Gasteiger charge is -2.31. The van der Waals surface area contributed by atoms with Gasteiger partial charge in [0.2, 0.25) is 0 Å². The zero-order chi connectivity index (χ0) is 21.0. The number of hydrogen-bond acceptors (Lipinski definition) is 4. The molecule has 1 saturated carbocycles. The zero-order valence-electron chi connectivity index (χ0n) is 18.3. The number of nitrogens with one attached hydrogen (secondary N) is 2. The van der Waals surface area contributed by atoms with Crippen LogP contribution in [0.5, 0.6) is 11.5 Å². The zero-order valence-corrected chi connectivity index (χ0v) is 18.3. The predicted octanol–water partition coefficient (Wildman–Crippen LogP) is 5.82. The molecule has 3 aromatic rings.